The van der Waals surface area contributed by atoms with Crippen molar-refractivity contribution < 1.29 is 13.6 Å². The van der Waals surface area contributed by atoms with E-state index in [9.17, 15) is 9.18 Å². The van der Waals surface area contributed by atoms with Crippen LogP contribution in [-0.2, 0) is 0 Å². The molecule has 22 heavy (non-hydrogen) atoms. The van der Waals surface area contributed by atoms with Gasteiger partial charge in [0.2, 0.25) is 5.78 Å². The third-order valence-corrected chi connectivity index (χ3v) is 3.77. The van der Waals surface area contributed by atoms with Crippen LogP contribution >= 0.6 is 0 Å². The Morgan fingerprint density at radius 1 is 0.864 bits per heavy atom. The van der Waals surface area contributed by atoms with Gasteiger partial charge in [-0.05, 0) is 35.0 Å². The first-order chi connectivity index (χ1) is 10.7. The minimum absolute atomic E-state index is 0.0193. The summed E-state index contributed by atoms with van der Waals surface area (Å²) in [7, 11) is 0. The van der Waals surface area contributed by atoms with E-state index in [-0.39, 0.29) is 11.3 Å². The maximum Gasteiger partial charge on any atom is 0.231 e. The fourth-order valence-corrected chi connectivity index (χ4v) is 2.68. The molecule has 4 aromatic rings. The third-order valence-electron chi connectivity index (χ3n) is 3.77. The van der Waals surface area contributed by atoms with Gasteiger partial charge in [0.15, 0.2) is 5.76 Å². The first-order valence-electron chi connectivity index (χ1n) is 6.94. The van der Waals surface area contributed by atoms with Crippen molar-refractivity contribution in [1.29, 1.82) is 0 Å². The Balaban J connectivity index is 1.91. The second-order valence-corrected chi connectivity index (χ2v) is 5.12. The van der Waals surface area contributed by atoms with Crippen molar-refractivity contribution >= 4 is 27.5 Å². The number of furan rings is 1. The van der Waals surface area contributed by atoms with E-state index in [1.54, 1.807) is 18.2 Å². The molecule has 0 amide bonds. The maximum absolute atomic E-state index is 13.8. The van der Waals surface area contributed by atoms with Crippen LogP contribution in [0, 0.1) is 5.82 Å². The van der Waals surface area contributed by atoms with E-state index in [0.717, 1.165) is 16.2 Å². The number of benzene rings is 3. The van der Waals surface area contributed by atoms with Gasteiger partial charge >= 0.3 is 0 Å². The van der Waals surface area contributed by atoms with Crippen LogP contribution in [-0.4, -0.2) is 5.78 Å². The first kappa shape index (κ1) is 12.8. The average molecular weight is 290 g/mol. The van der Waals surface area contributed by atoms with E-state index in [1.807, 2.05) is 36.4 Å². The molecule has 0 spiro atoms. The minimum Gasteiger partial charge on any atom is -0.453 e. The summed E-state index contributed by atoms with van der Waals surface area (Å²) < 4.78 is 19.4. The molecule has 0 aliphatic carbocycles. The van der Waals surface area contributed by atoms with Gasteiger partial charge in [-0.15, -0.1) is 0 Å². The second-order valence-electron chi connectivity index (χ2n) is 5.12. The predicted molar refractivity (Wildman–Crippen MR) is 83.6 cm³/mol. The molecule has 4 rings (SSSR count). The Labute approximate surface area is 125 Å². The van der Waals surface area contributed by atoms with Crippen molar-refractivity contribution in [2.24, 2.45) is 0 Å². The molecule has 0 saturated carbocycles. The number of rotatable bonds is 2. The van der Waals surface area contributed by atoms with Crippen LogP contribution in [0.25, 0.3) is 21.7 Å². The highest BCUT2D eigenvalue weighted by Gasteiger charge is 2.18. The lowest BCUT2D eigenvalue weighted by atomic mass is 10.1. The molecule has 106 valence electrons. The molecule has 0 atom stereocenters. The van der Waals surface area contributed by atoms with Gasteiger partial charge in [0.1, 0.15) is 11.4 Å². The number of carbonyl (C=O) groups excluding carboxylic acids is 1. The Morgan fingerprint density at radius 3 is 2.50 bits per heavy atom. The molecule has 0 N–H and O–H groups in total. The average Bonchev–Trinajstić information content (AvgIpc) is 2.99. The molecule has 1 aromatic heterocycles. The first-order valence-corrected chi connectivity index (χ1v) is 6.94. The SMILES string of the molecule is O=C(c1cc2c(ccc3ccccc32)o1)c1ccccc1F. The molecule has 0 unspecified atom stereocenters. The van der Waals surface area contributed by atoms with Gasteiger partial charge in [0.05, 0.1) is 5.56 Å². The molecule has 3 aromatic carbocycles. The molecular weight excluding hydrogens is 279 g/mol. The fourth-order valence-electron chi connectivity index (χ4n) is 2.68. The molecule has 0 aliphatic rings. The molecule has 2 nitrogen and oxygen atoms in total. The lowest BCUT2D eigenvalue weighted by molar-refractivity contribution is 0.101. The quantitative estimate of drug-likeness (QED) is 0.489. The van der Waals surface area contributed by atoms with E-state index in [0.29, 0.717) is 5.58 Å². The Kier molecular flexibility index (Phi) is 2.79. The smallest absolute Gasteiger partial charge is 0.231 e. The molecule has 3 heteroatoms. The van der Waals surface area contributed by atoms with Gasteiger partial charge in [-0.3, -0.25) is 4.79 Å². The van der Waals surface area contributed by atoms with E-state index in [2.05, 4.69) is 0 Å². The number of carbonyl (C=O) groups is 1. The summed E-state index contributed by atoms with van der Waals surface area (Å²) >= 11 is 0. The molecule has 0 aliphatic heterocycles. The molecule has 0 fully saturated rings. The molecular formula is C19H11FO2. The van der Waals surface area contributed by atoms with Crippen LogP contribution in [0.4, 0.5) is 4.39 Å². The number of halogens is 1. The van der Waals surface area contributed by atoms with E-state index >= 15 is 0 Å². The number of fused-ring (bicyclic) bond motifs is 3. The van der Waals surface area contributed by atoms with E-state index in [4.69, 9.17) is 4.42 Å². The van der Waals surface area contributed by atoms with Crippen molar-refractivity contribution in [3.05, 3.63) is 83.9 Å². The van der Waals surface area contributed by atoms with Crippen molar-refractivity contribution in [1.82, 2.24) is 0 Å². The highest BCUT2D eigenvalue weighted by Crippen LogP contribution is 2.29. The summed E-state index contributed by atoms with van der Waals surface area (Å²) in [5.41, 5.74) is 0.643. The largest absolute Gasteiger partial charge is 0.453 e. The predicted octanol–water partition coefficient (Wildman–Crippen LogP) is 4.96. The summed E-state index contributed by atoms with van der Waals surface area (Å²) in [5.74, 6) is -0.840. The fraction of sp³-hybridized carbons (Fsp3) is 0. The van der Waals surface area contributed by atoms with Crippen LogP contribution < -0.4 is 0 Å². The van der Waals surface area contributed by atoms with Gasteiger partial charge in [-0.2, -0.15) is 0 Å². The van der Waals surface area contributed by atoms with Gasteiger partial charge in [0.25, 0.3) is 0 Å². The Morgan fingerprint density at radius 2 is 1.64 bits per heavy atom. The van der Waals surface area contributed by atoms with Gasteiger partial charge in [0, 0.05) is 5.39 Å². The summed E-state index contributed by atoms with van der Waals surface area (Å²) in [6.07, 6.45) is 0. The zero-order valence-electron chi connectivity index (χ0n) is 11.5. The lowest BCUT2D eigenvalue weighted by Gasteiger charge is -1.98. The monoisotopic (exact) mass is 290 g/mol. The highest BCUT2D eigenvalue weighted by molar-refractivity contribution is 6.13. The zero-order valence-corrected chi connectivity index (χ0v) is 11.5. The van der Waals surface area contributed by atoms with Crippen LogP contribution in [0.1, 0.15) is 16.1 Å². The van der Waals surface area contributed by atoms with Crippen LogP contribution in [0.3, 0.4) is 0 Å². The summed E-state index contributed by atoms with van der Waals surface area (Å²) in [4.78, 5) is 12.4. The van der Waals surface area contributed by atoms with Gasteiger partial charge in [-0.25, -0.2) is 4.39 Å². The van der Waals surface area contributed by atoms with E-state index in [1.165, 1.54) is 12.1 Å². The van der Waals surface area contributed by atoms with Crippen LogP contribution in [0.2, 0.25) is 0 Å². The molecule has 0 radical (unpaired) electrons. The van der Waals surface area contributed by atoms with Crippen molar-refractivity contribution in [2.45, 2.75) is 0 Å². The summed E-state index contributed by atoms with van der Waals surface area (Å²) in [6.45, 7) is 0. The minimum atomic E-state index is -0.544. The molecule has 0 bridgehead atoms. The highest BCUT2D eigenvalue weighted by atomic mass is 19.1. The van der Waals surface area contributed by atoms with Crippen LogP contribution in [0.5, 0.6) is 0 Å². The molecule has 0 saturated heterocycles. The topological polar surface area (TPSA) is 30.2 Å². The zero-order chi connectivity index (χ0) is 15.1. The van der Waals surface area contributed by atoms with Crippen molar-refractivity contribution in [2.75, 3.05) is 0 Å². The lowest BCUT2D eigenvalue weighted by Crippen LogP contribution is -2.02. The third kappa shape index (κ3) is 1.91. The van der Waals surface area contributed by atoms with Crippen molar-refractivity contribution in [3.63, 3.8) is 0 Å². The maximum atomic E-state index is 13.8. The number of hydrogen-bond donors (Lipinski definition) is 0. The Hall–Kier alpha value is -2.94. The number of hydrogen-bond acceptors (Lipinski definition) is 2. The van der Waals surface area contributed by atoms with Gasteiger partial charge in [-0.1, -0.05) is 42.5 Å². The molecule has 1 heterocycles. The standard InChI is InChI=1S/C19H11FO2/c20-16-8-4-3-7-14(16)19(21)18-11-15-13-6-2-1-5-12(13)9-10-17(15)22-18/h1-11H. The normalized spacial score (nSPS) is 11.1. The number of ketones is 1. The van der Waals surface area contributed by atoms with Crippen LogP contribution in [0.15, 0.2) is 71.1 Å². The summed E-state index contributed by atoms with van der Waals surface area (Å²) in [6, 6.07) is 19.2. The summed E-state index contributed by atoms with van der Waals surface area (Å²) in [5, 5.41) is 2.94. The second kappa shape index (κ2) is 4.81. The Bertz CT molecular complexity index is 1010. The van der Waals surface area contributed by atoms with Gasteiger partial charge < -0.3 is 4.42 Å². The van der Waals surface area contributed by atoms with Crippen molar-refractivity contribution in [3.8, 4) is 0 Å². The van der Waals surface area contributed by atoms with E-state index < -0.39 is 11.6 Å².